The fourth-order valence-corrected chi connectivity index (χ4v) is 6.35. The summed E-state index contributed by atoms with van der Waals surface area (Å²) in [7, 11) is -3.08. The molecule has 1 saturated heterocycles. The van der Waals surface area contributed by atoms with Gasteiger partial charge in [0.2, 0.25) is 0 Å². The van der Waals surface area contributed by atoms with Gasteiger partial charge in [-0.3, -0.25) is 4.99 Å². The van der Waals surface area contributed by atoms with Gasteiger partial charge in [0.05, 0.1) is 23.6 Å². The molecular weight excluding hydrogens is 395 g/mol. The molecule has 2 heterocycles. The van der Waals surface area contributed by atoms with Gasteiger partial charge >= 0.3 is 0 Å². The van der Waals surface area contributed by atoms with E-state index in [4.69, 9.17) is 11.6 Å². The molecular formula is C18H16ClFN2O2S2. The predicted molar refractivity (Wildman–Crippen MR) is 105 cm³/mol. The summed E-state index contributed by atoms with van der Waals surface area (Å²) in [4.78, 5) is 6.64. The minimum atomic E-state index is -3.08. The van der Waals surface area contributed by atoms with Gasteiger partial charge in [-0.05, 0) is 42.0 Å². The molecule has 0 aromatic heterocycles. The van der Waals surface area contributed by atoms with Crippen LogP contribution >= 0.6 is 23.4 Å². The van der Waals surface area contributed by atoms with Gasteiger partial charge in [0, 0.05) is 16.5 Å². The molecule has 4 rings (SSSR count). The summed E-state index contributed by atoms with van der Waals surface area (Å²) in [6.45, 7) is 0. The summed E-state index contributed by atoms with van der Waals surface area (Å²) in [5.74, 6) is 0.459. The lowest BCUT2D eigenvalue weighted by molar-refractivity contribution is 0.601. The zero-order chi connectivity index (χ0) is 18.3. The van der Waals surface area contributed by atoms with Crippen molar-refractivity contribution in [3.05, 3.63) is 64.9 Å². The lowest BCUT2D eigenvalue weighted by atomic mass is 10.1. The number of halogens is 2. The van der Waals surface area contributed by atoms with Crippen molar-refractivity contribution in [1.29, 1.82) is 0 Å². The fourth-order valence-electron chi connectivity index (χ4n) is 3.31. The summed E-state index contributed by atoms with van der Waals surface area (Å²) in [6, 6.07) is 13.3. The molecule has 0 spiro atoms. The highest BCUT2D eigenvalue weighted by molar-refractivity contribution is 8.13. The van der Waals surface area contributed by atoms with Gasteiger partial charge < -0.3 is 4.90 Å². The Morgan fingerprint density at radius 1 is 1.19 bits per heavy atom. The summed E-state index contributed by atoms with van der Waals surface area (Å²) in [5, 5.41) is 1.39. The van der Waals surface area contributed by atoms with Gasteiger partial charge in [0.1, 0.15) is 5.82 Å². The first-order chi connectivity index (χ1) is 12.4. The monoisotopic (exact) mass is 410 g/mol. The Kier molecular flexibility index (Phi) is 4.71. The topological polar surface area (TPSA) is 49.7 Å². The molecule has 136 valence electrons. The molecule has 0 unspecified atom stereocenters. The SMILES string of the molecule is O=S1(=O)C[C@@H]2N=C(SCc3cccc(F)c3)N(c3ccc(Cl)cc3)[C@H]2C1. The Balaban J connectivity index is 1.61. The third-order valence-corrected chi connectivity index (χ3v) is 7.46. The molecule has 0 N–H and O–H groups in total. The number of rotatable bonds is 3. The van der Waals surface area contributed by atoms with Gasteiger partial charge in [-0.25, -0.2) is 12.8 Å². The Bertz CT molecular complexity index is 963. The number of hydrogen-bond acceptors (Lipinski definition) is 5. The van der Waals surface area contributed by atoms with Gasteiger partial charge in [0.25, 0.3) is 0 Å². The third kappa shape index (κ3) is 3.61. The van der Waals surface area contributed by atoms with Crippen molar-refractivity contribution in [1.82, 2.24) is 0 Å². The van der Waals surface area contributed by atoms with Crippen LogP contribution < -0.4 is 4.90 Å². The fraction of sp³-hybridized carbons (Fsp3) is 0.278. The number of aliphatic imine (C=N–C) groups is 1. The van der Waals surface area contributed by atoms with Crippen LogP contribution in [0.1, 0.15) is 5.56 Å². The zero-order valence-electron chi connectivity index (χ0n) is 13.7. The molecule has 2 aliphatic rings. The number of benzene rings is 2. The van der Waals surface area contributed by atoms with E-state index in [1.807, 2.05) is 23.1 Å². The van der Waals surface area contributed by atoms with Gasteiger partial charge in [-0.15, -0.1) is 0 Å². The van der Waals surface area contributed by atoms with Crippen LogP contribution in [0.15, 0.2) is 53.5 Å². The molecule has 0 saturated carbocycles. The Labute approximate surface area is 161 Å². The number of hydrogen-bond donors (Lipinski definition) is 0. The summed E-state index contributed by atoms with van der Waals surface area (Å²) in [5.41, 5.74) is 1.72. The summed E-state index contributed by atoms with van der Waals surface area (Å²) in [6.07, 6.45) is 0. The third-order valence-electron chi connectivity index (χ3n) is 4.47. The second-order valence-corrected chi connectivity index (χ2v) is 9.92. The van der Waals surface area contributed by atoms with E-state index in [2.05, 4.69) is 4.99 Å². The lowest BCUT2D eigenvalue weighted by Gasteiger charge is -2.26. The first-order valence-corrected chi connectivity index (χ1v) is 11.3. The van der Waals surface area contributed by atoms with E-state index in [1.165, 1.54) is 23.9 Å². The van der Waals surface area contributed by atoms with Gasteiger partial charge in [-0.2, -0.15) is 0 Å². The second kappa shape index (κ2) is 6.87. The minimum Gasteiger partial charge on any atom is -0.315 e. The summed E-state index contributed by atoms with van der Waals surface area (Å²) >= 11 is 7.47. The molecule has 2 atom stereocenters. The molecule has 0 aliphatic carbocycles. The first kappa shape index (κ1) is 17.8. The van der Waals surface area contributed by atoms with E-state index in [9.17, 15) is 12.8 Å². The van der Waals surface area contributed by atoms with E-state index in [0.717, 1.165) is 16.4 Å². The van der Waals surface area contributed by atoms with Crippen molar-refractivity contribution >= 4 is 44.1 Å². The van der Waals surface area contributed by atoms with E-state index < -0.39 is 9.84 Å². The molecule has 0 bridgehead atoms. The number of thioether (sulfide) groups is 1. The molecule has 1 fully saturated rings. The molecule has 2 aliphatic heterocycles. The summed E-state index contributed by atoms with van der Waals surface area (Å²) < 4.78 is 37.5. The number of nitrogens with zero attached hydrogens (tertiary/aromatic N) is 2. The first-order valence-electron chi connectivity index (χ1n) is 8.11. The Morgan fingerprint density at radius 2 is 1.96 bits per heavy atom. The second-order valence-electron chi connectivity index (χ2n) is 6.39. The van der Waals surface area contributed by atoms with Crippen molar-refractivity contribution in [2.75, 3.05) is 16.4 Å². The van der Waals surface area contributed by atoms with Crippen molar-refractivity contribution in [3.63, 3.8) is 0 Å². The van der Waals surface area contributed by atoms with E-state index in [-0.39, 0.29) is 29.4 Å². The van der Waals surface area contributed by atoms with Crippen LogP contribution in [0.2, 0.25) is 5.02 Å². The number of sulfone groups is 1. The van der Waals surface area contributed by atoms with Crippen LogP contribution in [0.25, 0.3) is 0 Å². The maximum absolute atomic E-state index is 13.4. The van der Waals surface area contributed by atoms with Crippen LogP contribution in [-0.4, -0.2) is 37.2 Å². The smallest absolute Gasteiger partial charge is 0.164 e. The van der Waals surface area contributed by atoms with Gasteiger partial charge in [0.15, 0.2) is 15.0 Å². The Hall–Kier alpha value is -1.57. The van der Waals surface area contributed by atoms with Crippen molar-refractivity contribution < 1.29 is 12.8 Å². The van der Waals surface area contributed by atoms with Crippen molar-refractivity contribution in [3.8, 4) is 0 Å². The van der Waals surface area contributed by atoms with Gasteiger partial charge in [-0.1, -0.05) is 35.5 Å². The molecule has 0 amide bonds. The van der Waals surface area contributed by atoms with Crippen LogP contribution in [0.4, 0.5) is 10.1 Å². The molecule has 2 aromatic carbocycles. The van der Waals surface area contributed by atoms with Crippen molar-refractivity contribution in [2.24, 2.45) is 4.99 Å². The molecule has 2 aromatic rings. The van der Waals surface area contributed by atoms with E-state index >= 15 is 0 Å². The number of amidine groups is 1. The number of fused-ring (bicyclic) bond motifs is 1. The average molecular weight is 411 g/mol. The minimum absolute atomic E-state index is 0.0752. The largest absolute Gasteiger partial charge is 0.315 e. The predicted octanol–water partition coefficient (Wildman–Crippen LogP) is 3.75. The maximum Gasteiger partial charge on any atom is 0.164 e. The van der Waals surface area contributed by atoms with Crippen LogP contribution in [-0.2, 0) is 15.6 Å². The lowest BCUT2D eigenvalue weighted by Crippen LogP contribution is -2.39. The highest BCUT2D eigenvalue weighted by Crippen LogP contribution is 2.36. The molecule has 8 heteroatoms. The Morgan fingerprint density at radius 3 is 2.69 bits per heavy atom. The van der Waals surface area contributed by atoms with Crippen LogP contribution in [0.5, 0.6) is 0 Å². The quantitative estimate of drug-likeness (QED) is 0.773. The average Bonchev–Trinajstić information content (AvgIpc) is 3.05. The van der Waals surface area contributed by atoms with E-state index in [1.54, 1.807) is 18.2 Å². The maximum atomic E-state index is 13.4. The standard InChI is InChI=1S/C18H16ClFN2O2S2/c19-13-4-6-15(7-5-13)22-17-11-26(23,24)10-16(17)21-18(22)25-9-12-2-1-3-14(20)8-12/h1-8,16-17H,9-11H2/t16-,17-/m0/s1. The molecule has 26 heavy (non-hydrogen) atoms. The van der Waals surface area contributed by atoms with Crippen molar-refractivity contribution in [2.45, 2.75) is 17.8 Å². The van der Waals surface area contributed by atoms with Crippen LogP contribution in [0, 0.1) is 5.82 Å². The highest BCUT2D eigenvalue weighted by atomic mass is 35.5. The zero-order valence-corrected chi connectivity index (χ0v) is 16.1. The van der Waals surface area contributed by atoms with E-state index in [0.29, 0.717) is 10.8 Å². The molecule has 0 radical (unpaired) electrons. The molecule has 4 nitrogen and oxygen atoms in total. The highest BCUT2D eigenvalue weighted by Gasteiger charge is 2.47. The normalized spacial score (nSPS) is 23.8. The van der Waals surface area contributed by atoms with Crippen LogP contribution in [0.3, 0.4) is 0 Å². The number of anilines is 1.